The number of rotatable bonds is 6. The zero-order chi connectivity index (χ0) is 18.4. The number of benzene rings is 1. The number of nitrogens with one attached hydrogen (secondary N) is 3. The van der Waals surface area contributed by atoms with Gasteiger partial charge in [-0.15, -0.1) is 0 Å². The minimum Gasteiger partial charge on any atom is -0.341 e. The number of anilines is 1. The van der Waals surface area contributed by atoms with E-state index in [0.717, 1.165) is 25.5 Å². The van der Waals surface area contributed by atoms with Crippen LogP contribution in [0.25, 0.3) is 0 Å². The number of hydrogen-bond donors (Lipinski definition) is 3. The predicted molar refractivity (Wildman–Crippen MR) is 92.7 cm³/mol. The highest BCUT2D eigenvalue weighted by Gasteiger charge is 2.25. The standard InChI is InChI=1S/C16H20N4O4S/c1-25(23,24)10-14(15(21)18-8-7-17)20-16(22)19-13-6-5-11-3-2-4-12(11)9-13/h5-6,9,14H,2-4,8,10H2,1H3,(H,18,21)(H2,19,20,22). The molecule has 0 spiro atoms. The minimum atomic E-state index is -3.51. The molecule has 9 heteroatoms. The van der Waals surface area contributed by atoms with Crippen molar-refractivity contribution in [2.45, 2.75) is 25.3 Å². The van der Waals surface area contributed by atoms with Crippen molar-refractivity contribution in [1.29, 1.82) is 5.26 Å². The molecule has 0 heterocycles. The number of aryl methyl sites for hydroxylation is 2. The highest BCUT2D eigenvalue weighted by molar-refractivity contribution is 7.90. The molecule has 134 valence electrons. The smallest absolute Gasteiger partial charge is 0.319 e. The Morgan fingerprint density at radius 2 is 2.00 bits per heavy atom. The van der Waals surface area contributed by atoms with Gasteiger partial charge in [0.2, 0.25) is 5.91 Å². The van der Waals surface area contributed by atoms with Crippen LogP contribution >= 0.6 is 0 Å². The second kappa shape index (κ2) is 7.98. The Morgan fingerprint density at radius 1 is 1.28 bits per heavy atom. The molecule has 0 saturated carbocycles. The van der Waals surface area contributed by atoms with E-state index in [1.54, 1.807) is 12.1 Å². The average Bonchev–Trinajstić information content (AvgIpc) is 2.98. The van der Waals surface area contributed by atoms with E-state index in [9.17, 15) is 18.0 Å². The maximum Gasteiger partial charge on any atom is 0.319 e. The Hall–Kier alpha value is -2.60. The Labute approximate surface area is 146 Å². The van der Waals surface area contributed by atoms with E-state index in [-0.39, 0.29) is 6.54 Å². The molecule has 8 nitrogen and oxygen atoms in total. The lowest BCUT2D eigenvalue weighted by atomic mass is 10.1. The van der Waals surface area contributed by atoms with Crippen molar-refractivity contribution >= 4 is 27.5 Å². The molecule has 0 aliphatic heterocycles. The number of nitriles is 1. The molecule has 3 amide bonds. The summed E-state index contributed by atoms with van der Waals surface area (Å²) in [6, 6.07) is 5.36. The fraction of sp³-hybridized carbons (Fsp3) is 0.438. The lowest BCUT2D eigenvalue weighted by molar-refractivity contribution is -0.122. The summed E-state index contributed by atoms with van der Waals surface area (Å²) in [4.78, 5) is 24.1. The van der Waals surface area contributed by atoms with Crippen LogP contribution in [0, 0.1) is 11.3 Å². The number of sulfone groups is 1. The molecule has 1 unspecified atom stereocenters. The second-order valence-corrected chi connectivity index (χ2v) is 8.14. The van der Waals surface area contributed by atoms with Crippen LogP contribution in [0.2, 0.25) is 0 Å². The van der Waals surface area contributed by atoms with Crippen LogP contribution in [0.1, 0.15) is 17.5 Å². The molecule has 25 heavy (non-hydrogen) atoms. The average molecular weight is 364 g/mol. The normalized spacial score (nSPS) is 14.1. The first-order valence-corrected chi connectivity index (χ1v) is 9.86. The maximum absolute atomic E-state index is 12.1. The summed E-state index contributed by atoms with van der Waals surface area (Å²) in [5.41, 5.74) is 3.02. The van der Waals surface area contributed by atoms with Gasteiger partial charge in [0.25, 0.3) is 0 Å². The second-order valence-electron chi connectivity index (χ2n) is 5.96. The third-order valence-electron chi connectivity index (χ3n) is 3.79. The van der Waals surface area contributed by atoms with Crippen LogP contribution in [0.5, 0.6) is 0 Å². The van der Waals surface area contributed by atoms with Gasteiger partial charge in [0.15, 0.2) is 0 Å². The number of carbonyl (C=O) groups is 2. The monoisotopic (exact) mass is 364 g/mol. The summed E-state index contributed by atoms with van der Waals surface area (Å²) < 4.78 is 22.9. The summed E-state index contributed by atoms with van der Waals surface area (Å²) in [5.74, 6) is -1.28. The quantitative estimate of drug-likeness (QED) is 0.628. The number of hydrogen-bond acceptors (Lipinski definition) is 5. The van der Waals surface area contributed by atoms with E-state index in [0.29, 0.717) is 5.69 Å². The molecule has 0 bridgehead atoms. The molecule has 1 atom stereocenters. The van der Waals surface area contributed by atoms with Crippen molar-refractivity contribution in [2.24, 2.45) is 0 Å². The fourth-order valence-electron chi connectivity index (χ4n) is 2.71. The third kappa shape index (κ3) is 5.76. The number of fused-ring (bicyclic) bond motifs is 1. The first kappa shape index (κ1) is 18.7. The van der Waals surface area contributed by atoms with Crippen molar-refractivity contribution in [3.8, 4) is 6.07 Å². The highest BCUT2D eigenvalue weighted by atomic mass is 32.2. The maximum atomic E-state index is 12.1. The first-order valence-electron chi connectivity index (χ1n) is 7.80. The lowest BCUT2D eigenvalue weighted by Gasteiger charge is -2.17. The van der Waals surface area contributed by atoms with E-state index in [4.69, 9.17) is 5.26 Å². The van der Waals surface area contributed by atoms with Gasteiger partial charge in [-0.1, -0.05) is 6.07 Å². The van der Waals surface area contributed by atoms with Crippen LogP contribution < -0.4 is 16.0 Å². The molecule has 0 radical (unpaired) electrons. The molecule has 1 aliphatic carbocycles. The molecule has 3 N–H and O–H groups in total. The topological polar surface area (TPSA) is 128 Å². The van der Waals surface area contributed by atoms with E-state index >= 15 is 0 Å². The molecule has 0 aromatic heterocycles. The zero-order valence-corrected chi connectivity index (χ0v) is 14.6. The molecule has 1 aliphatic rings. The van der Waals surface area contributed by atoms with Gasteiger partial charge in [-0.2, -0.15) is 5.26 Å². The largest absolute Gasteiger partial charge is 0.341 e. The van der Waals surface area contributed by atoms with Gasteiger partial charge in [-0.3, -0.25) is 4.79 Å². The summed E-state index contributed by atoms with van der Waals surface area (Å²) in [6.07, 6.45) is 4.04. The summed E-state index contributed by atoms with van der Waals surface area (Å²) in [7, 11) is -3.51. The van der Waals surface area contributed by atoms with Gasteiger partial charge in [-0.05, 0) is 42.5 Å². The van der Waals surface area contributed by atoms with Gasteiger partial charge in [-0.25, -0.2) is 13.2 Å². The van der Waals surface area contributed by atoms with Gasteiger partial charge in [0.1, 0.15) is 22.4 Å². The van der Waals surface area contributed by atoms with Crippen molar-refractivity contribution in [3.05, 3.63) is 29.3 Å². The van der Waals surface area contributed by atoms with Gasteiger partial charge in [0.05, 0.1) is 11.8 Å². The van der Waals surface area contributed by atoms with Crippen molar-refractivity contribution in [3.63, 3.8) is 0 Å². The van der Waals surface area contributed by atoms with Crippen molar-refractivity contribution in [2.75, 3.05) is 23.9 Å². The van der Waals surface area contributed by atoms with Crippen LogP contribution in [0.3, 0.4) is 0 Å². The zero-order valence-electron chi connectivity index (χ0n) is 13.8. The SMILES string of the molecule is CS(=O)(=O)CC(NC(=O)Nc1ccc2c(c1)CCC2)C(=O)NCC#N. The fourth-order valence-corrected chi connectivity index (χ4v) is 3.55. The molecule has 0 fully saturated rings. The minimum absolute atomic E-state index is 0.271. The Bertz CT molecular complexity index is 814. The van der Waals surface area contributed by atoms with E-state index in [1.807, 2.05) is 12.1 Å². The van der Waals surface area contributed by atoms with Gasteiger partial charge < -0.3 is 16.0 Å². The lowest BCUT2D eigenvalue weighted by Crippen LogP contribution is -2.51. The van der Waals surface area contributed by atoms with E-state index < -0.39 is 33.6 Å². The van der Waals surface area contributed by atoms with Gasteiger partial charge >= 0.3 is 6.03 Å². The van der Waals surface area contributed by atoms with Crippen LogP contribution in [-0.4, -0.2) is 45.0 Å². The van der Waals surface area contributed by atoms with Crippen molar-refractivity contribution < 1.29 is 18.0 Å². The van der Waals surface area contributed by atoms with E-state index in [2.05, 4.69) is 16.0 Å². The van der Waals surface area contributed by atoms with E-state index in [1.165, 1.54) is 11.1 Å². The Morgan fingerprint density at radius 3 is 2.68 bits per heavy atom. The molecule has 2 rings (SSSR count). The first-order chi connectivity index (χ1) is 11.8. The number of amides is 3. The number of nitrogens with zero attached hydrogens (tertiary/aromatic N) is 1. The highest BCUT2D eigenvalue weighted by Crippen LogP contribution is 2.24. The Kier molecular flexibility index (Phi) is 5.98. The third-order valence-corrected chi connectivity index (χ3v) is 4.73. The predicted octanol–water partition coefficient (Wildman–Crippen LogP) is 0.350. The summed E-state index contributed by atoms with van der Waals surface area (Å²) in [5, 5.41) is 15.7. The number of carbonyl (C=O) groups excluding carboxylic acids is 2. The summed E-state index contributed by atoms with van der Waals surface area (Å²) >= 11 is 0. The Balaban J connectivity index is 2.03. The summed E-state index contributed by atoms with van der Waals surface area (Å²) in [6.45, 7) is -0.271. The molecular weight excluding hydrogens is 344 g/mol. The van der Waals surface area contributed by atoms with Crippen LogP contribution in [0.15, 0.2) is 18.2 Å². The molecular formula is C16H20N4O4S. The van der Waals surface area contributed by atoms with Crippen LogP contribution in [-0.2, 0) is 27.5 Å². The molecule has 1 aromatic rings. The molecule has 0 saturated heterocycles. The number of urea groups is 1. The van der Waals surface area contributed by atoms with Gasteiger partial charge in [0, 0.05) is 11.9 Å². The van der Waals surface area contributed by atoms with Crippen molar-refractivity contribution in [1.82, 2.24) is 10.6 Å². The molecule has 1 aromatic carbocycles. The van der Waals surface area contributed by atoms with Crippen LogP contribution in [0.4, 0.5) is 10.5 Å².